The summed E-state index contributed by atoms with van der Waals surface area (Å²) in [6.07, 6.45) is 1.45. The molecule has 0 aromatic heterocycles. The molecule has 2 N–H and O–H groups in total. The summed E-state index contributed by atoms with van der Waals surface area (Å²) in [6, 6.07) is 15.8. The lowest BCUT2D eigenvalue weighted by molar-refractivity contribution is -0.137. The van der Waals surface area contributed by atoms with Crippen LogP contribution in [0.2, 0.25) is 5.02 Å². The van der Waals surface area contributed by atoms with Crippen LogP contribution in [0.25, 0.3) is 0 Å². The Labute approximate surface area is 236 Å². The molecule has 4 heterocycles. The number of methoxy groups -OCH3 is 2. The van der Waals surface area contributed by atoms with E-state index in [4.69, 9.17) is 21.1 Å². The highest BCUT2D eigenvalue weighted by atomic mass is 35.5. The van der Waals surface area contributed by atoms with Crippen LogP contribution in [0.4, 0.5) is 11.4 Å². The number of anilines is 2. The third-order valence-electron chi connectivity index (χ3n) is 9.26. The predicted octanol–water partition coefficient (Wildman–Crippen LogP) is 4.68. The summed E-state index contributed by atoms with van der Waals surface area (Å²) in [5.41, 5.74) is 0.554. The number of carbonyl (C=O) groups excluding carboxylic acids is 3. The number of nitrogens with zero attached hydrogens (tertiary/aromatic N) is 1. The fourth-order valence-electron chi connectivity index (χ4n) is 7.94. The van der Waals surface area contributed by atoms with Crippen LogP contribution in [-0.4, -0.2) is 49.3 Å². The van der Waals surface area contributed by atoms with Gasteiger partial charge in [-0.15, -0.1) is 0 Å². The van der Waals surface area contributed by atoms with Crippen molar-refractivity contribution in [3.63, 3.8) is 0 Å². The quantitative estimate of drug-likeness (QED) is 0.452. The Bertz CT molecular complexity index is 1640. The first kappa shape index (κ1) is 25.1. The van der Waals surface area contributed by atoms with Crippen molar-refractivity contribution in [2.24, 2.45) is 5.92 Å². The number of halogens is 1. The third-order valence-corrected chi connectivity index (χ3v) is 9.56. The Morgan fingerprint density at radius 1 is 1.00 bits per heavy atom. The van der Waals surface area contributed by atoms with Crippen LogP contribution in [0.3, 0.4) is 0 Å². The van der Waals surface area contributed by atoms with Gasteiger partial charge in [-0.1, -0.05) is 35.9 Å². The molecule has 2 amide bonds. The highest BCUT2D eigenvalue weighted by Crippen LogP contribution is 2.68. The number of carbonyl (C=O) groups is 3. The zero-order chi connectivity index (χ0) is 28.0. The minimum Gasteiger partial charge on any atom is -0.497 e. The van der Waals surface area contributed by atoms with E-state index in [1.165, 1.54) is 7.11 Å². The van der Waals surface area contributed by atoms with Crippen molar-refractivity contribution in [1.29, 1.82) is 0 Å². The van der Waals surface area contributed by atoms with E-state index in [9.17, 15) is 14.4 Å². The number of hydrogen-bond acceptors (Lipinski definition) is 6. The zero-order valence-corrected chi connectivity index (χ0v) is 23.1. The number of hydrogen-bond donors (Lipinski definition) is 2. The maximum Gasteiger partial charge on any atom is 0.251 e. The van der Waals surface area contributed by atoms with Gasteiger partial charge in [0.25, 0.3) is 5.91 Å². The lowest BCUT2D eigenvalue weighted by Gasteiger charge is -2.43. The zero-order valence-electron chi connectivity index (χ0n) is 22.3. The molecule has 9 heteroatoms. The Kier molecular flexibility index (Phi) is 5.37. The highest BCUT2D eigenvalue weighted by Gasteiger charge is 2.81. The molecule has 7 rings (SSSR count). The molecule has 3 aromatic carbocycles. The normalized spacial score (nSPS) is 27.9. The van der Waals surface area contributed by atoms with E-state index >= 15 is 0 Å². The maximum atomic E-state index is 14.9. The van der Waals surface area contributed by atoms with Crippen LogP contribution in [0.5, 0.6) is 11.5 Å². The van der Waals surface area contributed by atoms with Gasteiger partial charge in [-0.05, 0) is 61.7 Å². The van der Waals surface area contributed by atoms with Gasteiger partial charge in [0.1, 0.15) is 22.5 Å². The van der Waals surface area contributed by atoms with E-state index in [2.05, 4.69) is 15.5 Å². The van der Waals surface area contributed by atoms with Gasteiger partial charge >= 0.3 is 0 Å². The third kappa shape index (κ3) is 2.82. The van der Waals surface area contributed by atoms with Crippen molar-refractivity contribution in [3.05, 3.63) is 81.9 Å². The largest absolute Gasteiger partial charge is 0.497 e. The standard InChI is InChI=1S/C31H28ClN3O5/c1-16-13-20-26(21(32)14-16)34-29(38)31(20)30(19-7-4-5-8-22(19)33-28(30)37)25(23-9-6-12-35(23)31)27(36)18-11-10-17(39-2)15-24(18)40-3/h4-5,7-8,10-11,13-15,23,25H,6,9,12H2,1-3H3,(H,33,37)(H,34,38)/t23-,25+,30+,31-/m1/s1. The maximum absolute atomic E-state index is 14.9. The van der Waals surface area contributed by atoms with Crippen molar-refractivity contribution in [1.82, 2.24) is 4.90 Å². The van der Waals surface area contributed by atoms with Crippen molar-refractivity contribution in [2.45, 2.75) is 36.8 Å². The number of amides is 2. The average molecular weight is 558 g/mol. The SMILES string of the molecule is COc1ccc(C(=O)[C@@H]2[C@H]3CCCN3[C@]3(C(=O)Nc4c(Cl)cc(C)cc43)[C@]23C(=O)Nc2ccccc23)c(OC)c1. The number of nitrogens with one attached hydrogen (secondary N) is 2. The molecule has 0 radical (unpaired) electrons. The van der Waals surface area contributed by atoms with Gasteiger partial charge in [0, 0.05) is 23.4 Å². The number of para-hydroxylation sites is 1. The minimum absolute atomic E-state index is 0.250. The molecular weight excluding hydrogens is 530 g/mol. The number of Topliss-reactive ketones (excluding diaryl/α,β-unsaturated/α-hetero) is 1. The first-order valence-corrected chi connectivity index (χ1v) is 13.7. The first-order chi connectivity index (χ1) is 19.3. The first-order valence-electron chi connectivity index (χ1n) is 13.4. The summed E-state index contributed by atoms with van der Waals surface area (Å²) >= 11 is 6.71. The second-order valence-corrected chi connectivity index (χ2v) is 11.4. The summed E-state index contributed by atoms with van der Waals surface area (Å²) in [7, 11) is 3.05. The molecule has 0 unspecified atom stereocenters. The number of ether oxygens (including phenoxy) is 2. The molecule has 204 valence electrons. The molecule has 0 bridgehead atoms. The lowest BCUT2D eigenvalue weighted by Crippen LogP contribution is -2.62. The smallest absolute Gasteiger partial charge is 0.251 e. The summed E-state index contributed by atoms with van der Waals surface area (Å²) in [5.74, 6) is -0.934. The Hall–Kier alpha value is -3.88. The molecule has 40 heavy (non-hydrogen) atoms. The lowest BCUT2D eigenvalue weighted by atomic mass is 9.57. The number of fused-ring (bicyclic) bond motifs is 7. The summed E-state index contributed by atoms with van der Waals surface area (Å²) < 4.78 is 11.0. The minimum atomic E-state index is -1.55. The monoisotopic (exact) mass is 557 g/mol. The predicted molar refractivity (Wildman–Crippen MR) is 150 cm³/mol. The van der Waals surface area contributed by atoms with Crippen LogP contribution in [0.15, 0.2) is 54.6 Å². The molecule has 2 saturated heterocycles. The van der Waals surface area contributed by atoms with Gasteiger partial charge in [0.05, 0.1) is 36.4 Å². The van der Waals surface area contributed by atoms with Crippen LogP contribution in [0, 0.1) is 12.8 Å². The van der Waals surface area contributed by atoms with Crippen molar-refractivity contribution < 1.29 is 23.9 Å². The van der Waals surface area contributed by atoms with Crippen LogP contribution < -0.4 is 20.1 Å². The molecule has 2 spiro atoms. The highest BCUT2D eigenvalue weighted by molar-refractivity contribution is 6.35. The number of ketones is 1. The fraction of sp³-hybridized carbons (Fsp3) is 0.323. The summed E-state index contributed by atoms with van der Waals surface area (Å²) in [4.78, 5) is 46.2. The molecule has 4 aliphatic heterocycles. The summed E-state index contributed by atoms with van der Waals surface area (Å²) in [5, 5.41) is 6.49. The molecule has 4 atom stereocenters. The Balaban J connectivity index is 1.58. The second kappa shape index (κ2) is 8.56. The Morgan fingerprint density at radius 3 is 2.58 bits per heavy atom. The van der Waals surface area contributed by atoms with Gasteiger partial charge in [-0.25, -0.2) is 0 Å². The number of rotatable bonds is 4. The molecule has 0 saturated carbocycles. The molecule has 2 fully saturated rings. The van der Waals surface area contributed by atoms with E-state index in [0.29, 0.717) is 57.6 Å². The molecule has 8 nitrogen and oxygen atoms in total. The molecule has 4 aliphatic rings. The second-order valence-electron chi connectivity index (χ2n) is 11.0. The van der Waals surface area contributed by atoms with Crippen LogP contribution >= 0.6 is 11.6 Å². The molecular formula is C31H28ClN3O5. The fourth-order valence-corrected chi connectivity index (χ4v) is 8.26. The van der Waals surface area contributed by atoms with Gasteiger partial charge < -0.3 is 20.1 Å². The van der Waals surface area contributed by atoms with E-state index in [1.807, 2.05) is 37.3 Å². The van der Waals surface area contributed by atoms with Gasteiger partial charge in [0.2, 0.25) is 5.91 Å². The van der Waals surface area contributed by atoms with E-state index in [1.54, 1.807) is 31.4 Å². The number of benzene rings is 3. The van der Waals surface area contributed by atoms with Crippen LogP contribution in [0.1, 0.15) is 39.9 Å². The van der Waals surface area contributed by atoms with Crippen molar-refractivity contribution in [3.8, 4) is 11.5 Å². The molecule has 0 aliphatic carbocycles. The van der Waals surface area contributed by atoms with E-state index in [0.717, 1.165) is 12.0 Å². The van der Waals surface area contributed by atoms with Crippen LogP contribution in [-0.2, 0) is 20.5 Å². The van der Waals surface area contributed by atoms with Crippen molar-refractivity contribution in [2.75, 3.05) is 31.4 Å². The van der Waals surface area contributed by atoms with Gasteiger partial charge in [0.15, 0.2) is 5.78 Å². The van der Waals surface area contributed by atoms with Crippen molar-refractivity contribution >= 4 is 40.6 Å². The topological polar surface area (TPSA) is 97.0 Å². The van der Waals surface area contributed by atoms with E-state index < -0.39 is 16.9 Å². The average Bonchev–Trinajstić information content (AvgIpc) is 3.67. The summed E-state index contributed by atoms with van der Waals surface area (Å²) in [6.45, 7) is 2.48. The van der Waals surface area contributed by atoms with Gasteiger partial charge in [-0.2, -0.15) is 0 Å². The molecule has 3 aromatic rings. The van der Waals surface area contributed by atoms with E-state index in [-0.39, 0.29) is 23.6 Å². The Morgan fingerprint density at radius 2 is 1.80 bits per heavy atom. The number of aryl methyl sites for hydroxylation is 1. The van der Waals surface area contributed by atoms with Gasteiger partial charge in [-0.3, -0.25) is 19.3 Å².